The van der Waals surface area contributed by atoms with Gasteiger partial charge in [0.1, 0.15) is 18.2 Å². The maximum absolute atomic E-state index is 12.8. The third kappa shape index (κ3) is 5.95. The number of benzene rings is 3. The molecule has 0 aliphatic carbocycles. The van der Waals surface area contributed by atoms with E-state index in [2.05, 4.69) is 31.7 Å². The molecule has 37 heavy (non-hydrogen) atoms. The van der Waals surface area contributed by atoms with E-state index in [0.29, 0.717) is 28.5 Å². The highest BCUT2D eigenvalue weighted by molar-refractivity contribution is 6.07. The predicted molar refractivity (Wildman–Crippen MR) is 141 cm³/mol. The van der Waals surface area contributed by atoms with Crippen molar-refractivity contribution in [3.05, 3.63) is 100 Å². The van der Waals surface area contributed by atoms with E-state index in [4.69, 9.17) is 16.7 Å². The summed E-state index contributed by atoms with van der Waals surface area (Å²) in [5.74, 6) is 2.68. The number of rotatable bonds is 8. The van der Waals surface area contributed by atoms with Crippen LogP contribution in [0.2, 0.25) is 0 Å². The van der Waals surface area contributed by atoms with E-state index in [1.807, 2.05) is 0 Å². The van der Waals surface area contributed by atoms with E-state index in [9.17, 15) is 9.59 Å². The fraction of sp³-hybridized carbons (Fsp3) is 0.0741. The van der Waals surface area contributed by atoms with Gasteiger partial charge in [-0.25, -0.2) is 0 Å². The van der Waals surface area contributed by atoms with Crippen molar-refractivity contribution in [1.29, 1.82) is 0 Å². The van der Waals surface area contributed by atoms with E-state index < -0.39 is 5.91 Å². The third-order valence-electron chi connectivity index (χ3n) is 5.28. The van der Waals surface area contributed by atoms with Crippen LogP contribution in [0.1, 0.15) is 20.7 Å². The lowest BCUT2D eigenvalue weighted by molar-refractivity contribution is 0.101. The minimum Gasteiger partial charge on any atom is -0.481 e. The fourth-order valence-corrected chi connectivity index (χ4v) is 3.49. The molecule has 0 unspecified atom stereocenters. The Morgan fingerprint density at radius 3 is 2.59 bits per heavy atom. The van der Waals surface area contributed by atoms with Crippen LogP contribution in [0.25, 0.3) is 21.7 Å². The van der Waals surface area contributed by atoms with Gasteiger partial charge in [0.05, 0.1) is 11.4 Å². The molecular weight excluding hydrogens is 470 g/mol. The molecule has 10 heteroatoms. The van der Waals surface area contributed by atoms with Crippen molar-refractivity contribution in [1.82, 2.24) is 9.78 Å². The summed E-state index contributed by atoms with van der Waals surface area (Å²) in [6.45, 7) is 0.113. The molecule has 4 aromatic rings. The lowest BCUT2D eigenvalue weighted by Gasteiger charge is -2.08. The van der Waals surface area contributed by atoms with E-state index in [-0.39, 0.29) is 23.8 Å². The van der Waals surface area contributed by atoms with Gasteiger partial charge in [-0.1, -0.05) is 47.4 Å². The Bertz CT molecular complexity index is 1540. The van der Waals surface area contributed by atoms with E-state index in [1.54, 1.807) is 90.6 Å². The molecule has 1 heterocycles. The molecule has 10 nitrogen and oxygen atoms in total. The van der Waals surface area contributed by atoms with Crippen LogP contribution in [0, 0.1) is 12.3 Å². The van der Waals surface area contributed by atoms with E-state index in [0.717, 1.165) is 5.56 Å². The molecule has 4 rings (SSSR count). The minimum atomic E-state index is -0.396. The molecule has 0 atom stereocenters. The van der Waals surface area contributed by atoms with Gasteiger partial charge in [-0.3, -0.25) is 14.3 Å². The van der Waals surface area contributed by atoms with Gasteiger partial charge in [-0.2, -0.15) is 5.10 Å². The number of nitrogens with one attached hydrogen (secondary N) is 2. The summed E-state index contributed by atoms with van der Waals surface area (Å²) < 4.78 is 6.94. The lowest BCUT2D eigenvalue weighted by atomic mass is 10.1. The van der Waals surface area contributed by atoms with Crippen LogP contribution in [0.15, 0.2) is 84.0 Å². The monoisotopic (exact) mass is 491 g/mol. The minimum absolute atomic E-state index is 0.113. The Morgan fingerprint density at radius 2 is 1.84 bits per heavy atom. The van der Waals surface area contributed by atoms with Crippen molar-refractivity contribution in [2.45, 2.75) is 0 Å². The highest BCUT2D eigenvalue weighted by atomic mass is 16.5. The van der Waals surface area contributed by atoms with Gasteiger partial charge < -0.3 is 15.4 Å². The van der Waals surface area contributed by atoms with E-state index in [1.165, 1.54) is 0 Å². The van der Waals surface area contributed by atoms with Gasteiger partial charge in [-0.05, 0) is 41.9 Å². The lowest BCUT2D eigenvalue weighted by Crippen LogP contribution is -2.14. The highest BCUT2D eigenvalue weighted by Crippen LogP contribution is 2.25. The summed E-state index contributed by atoms with van der Waals surface area (Å²) >= 11 is 0. The topological polar surface area (TPSA) is 134 Å². The molecule has 2 N–H and O–H groups in total. The van der Waals surface area contributed by atoms with Gasteiger partial charge in [-0.15, -0.1) is 6.42 Å². The molecule has 0 spiro atoms. The van der Waals surface area contributed by atoms with Crippen LogP contribution < -0.4 is 15.4 Å². The van der Waals surface area contributed by atoms with Crippen molar-refractivity contribution in [2.24, 2.45) is 12.2 Å². The first-order chi connectivity index (χ1) is 18.0. The van der Waals surface area contributed by atoms with Gasteiger partial charge >= 0.3 is 0 Å². The second kappa shape index (κ2) is 11.3. The molecular formula is C27H21N7O3. The van der Waals surface area contributed by atoms with Crippen molar-refractivity contribution >= 4 is 29.0 Å². The van der Waals surface area contributed by atoms with Gasteiger partial charge in [0.25, 0.3) is 11.8 Å². The number of nitrogens with zero attached hydrogens (tertiary/aromatic N) is 5. The van der Waals surface area contributed by atoms with Crippen LogP contribution in [0.4, 0.5) is 17.2 Å². The second-order valence-electron chi connectivity index (χ2n) is 7.75. The van der Waals surface area contributed by atoms with Crippen LogP contribution in [0.3, 0.4) is 0 Å². The molecule has 2 amide bonds. The second-order valence-corrected chi connectivity index (χ2v) is 7.75. The first-order valence-electron chi connectivity index (χ1n) is 11.1. The molecule has 0 bridgehead atoms. The largest absolute Gasteiger partial charge is 0.481 e. The molecule has 3 aromatic carbocycles. The Hall–Kier alpha value is -5.52. The Labute approximate surface area is 212 Å². The Balaban J connectivity index is 1.45. The fourth-order valence-electron chi connectivity index (χ4n) is 3.49. The number of aromatic nitrogens is 2. The number of ether oxygens (including phenoxy) is 1. The maximum atomic E-state index is 12.8. The van der Waals surface area contributed by atoms with Gasteiger partial charge in [0.2, 0.25) is 0 Å². The Morgan fingerprint density at radius 1 is 1.05 bits per heavy atom. The average Bonchev–Trinajstić information content (AvgIpc) is 3.28. The number of carbonyl (C=O) groups is 2. The zero-order valence-corrected chi connectivity index (χ0v) is 19.8. The molecule has 0 fully saturated rings. The van der Waals surface area contributed by atoms with Gasteiger partial charge in [0, 0.05) is 40.4 Å². The zero-order valence-electron chi connectivity index (χ0n) is 19.8. The van der Waals surface area contributed by atoms with Gasteiger partial charge in [0.15, 0.2) is 0 Å². The summed E-state index contributed by atoms with van der Waals surface area (Å²) in [5, 5.41) is 13.7. The number of amides is 2. The number of terminal acetylenes is 1. The van der Waals surface area contributed by atoms with Crippen LogP contribution in [0.5, 0.6) is 5.75 Å². The summed E-state index contributed by atoms with van der Waals surface area (Å²) in [6, 6.07) is 22.1. The molecule has 0 saturated heterocycles. The number of hydrogen-bond acceptors (Lipinski definition) is 5. The van der Waals surface area contributed by atoms with Crippen molar-refractivity contribution in [2.75, 3.05) is 17.2 Å². The number of carbonyl (C=O) groups excluding carboxylic acids is 2. The quantitative estimate of drug-likeness (QED) is 0.145. The summed E-state index contributed by atoms with van der Waals surface area (Å²) in [4.78, 5) is 28.1. The van der Waals surface area contributed by atoms with Crippen molar-refractivity contribution < 1.29 is 14.3 Å². The standard InChI is InChI=1S/C27H21N7O3/c1-3-15-37-21-8-6-7-19(16-21)26(35)30-25-17-24(32-34(25)2)18-11-13-20(14-12-18)29-27(36)22-9-4-5-10-23(22)31-33-28/h1,4-14,16-17H,15H2,2H3,(H,29,36)(H,30,35). The first-order valence-corrected chi connectivity index (χ1v) is 11.1. The van der Waals surface area contributed by atoms with E-state index >= 15 is 0 Å². The molecule has 0 aliphatic heterocycles. The molecule has 0 radical (unpaired) electrons. The van der Waals surface area contributed by atoms with Crippen LogP contribution in [-0.4, -0.2) is 28.2 Å². The first kappa shape index (κ1) is 24.6. The Kier molecular flexibility index (Phi) is 7.49. The maximum Gasteiger partial charge on any atom is 0.256 e. The highest BCUT2D eigenvalue weighted by Gasteiger charge is 2.14. The predicted octanol–water partition coefficient (Wildman–Crippen LogP) is 5.55. The number of azide groups is 1. The zero-order chi connectivity index (χ0) is 26.2. The molecule has 1 aromatic heterocycles. The summed E-state index contributed by atoms with van der Waals surface area (Å²) in [5.41, 5.74) is 11.6. The molecule has 0 saturated carbocycles. The molecule has 182 valence electrons. The number of hydrogen-bond donors (Lipinski definition) is 2. The molecule has 0 aliphatic rings. The van der Waals surface area contributed by atoms with Crippen molar-refractivity contribution in [3.8, 4) is 29.4 Å². The normalized spacial score (nSPS) is 10.1. The average molecular weight is 492 g/mol. The number of anilines is 2. The van der Waals surface area contributed by atoms with Crippen LogP contribution in [-0.2, 0) is 7.05 Å². The SMILES string of the molecule is C#CCOc1cccc(C(=O)Nc2cc(-c3ccc(NC(=O)c4ccccc4N=[N+]=[N-])cc3)nn2C)c1. The number of aryl methyl sites for hydroxylation is 1. The van der Waals surface area contributed by atoms with Crippen LogP contribution >= 0.6 is 0 Å². The summed E-state index contributed by atoms with van der Waals surface area (Å²) in [6.07, 6.45) is 5.22. The van der Waals surface area contributed by atoms with Crippen molar-refractivity contribution in [3.63, 3.8) is 0 Å². The summed E-state index contributed by atoms with van der Waals surface area (Å²) in [7, 11) is 1.72. The smallest absolute Gasteiger partial charge is 0.256 e. The third-order valence-corrected chi connectivity index (χ3v) is 5.28.